The van der Waals surface area contributed by atoms with Crippen LogP contribution in [0.4, 0.5) is 0 Å². The van der Waals surface area contributed by atoms with Crippen molar-refractivity contribution in [2.75, 3.05) is 0 Å². The van der Waals surface area contributed by atoms with Gasteiger partial charge in [0, 0.05) is 0 Å². The molecule has 2 N–H and O–H groups in total. The van der Waals surface area contributed by atoms with Gasteiger partial charge < -0.3 is 10.2 Å². The van der Waals surface area contributed by atoms with Crippen molar-refractivity contribution in [3.05, 3.63) is 11.6 Å². The fourth-order valence-electron chi connectivity index (χ4n) is 0.842. The molecule has 2 aromatic rings. The van der Waals surface area contributed by atoms with Crippen LogP contribution in [0.1, 0.15) is 16.4 Å². The molecule has 0 unspecified atom stereocenters. The zero-order valence-electron chi connectivity index (χ0n) is 7.09. The number of aromatic nitrogens is 4. The van der Waals surface area contributed by atoms with E-state index in [2.05, 4.69) is 19.8 Å². The lowest BCUT2D eigenvalue weighted by Crippen LogP contribution is -2.10. The van der Waals surface area contributed by atoms with Crippen molar-refractivity contribution in [3.63, 3.8) is 0 Å². The van der Waals surface area contributed by atoms with Crippen molar-refractivity contribution in [2.45, 2.75) is 6.92 Å². The summed E-state index contributed by atoms with van der Waals surface area (Å²) >= 11 is 1.12. The zero-order valence-corrected chi connectivity index (χ0v) is 7.91. The van der Waals surface area contributed by atoms with E-state index in [1.165, 1.54) is 0 Å². The molecule has 8 heteroatoms. The predicted molar refractivity (Wildman–Crippen MR) is 46.5 cm³/mol. The van der Waals surface area contributed by atoms with E-state index in [1.807, 2.05) is 0 Å². The first-order chi connectivity index (χ1) is 6.68. The van der Waals surface area contributed by atoms with E-state index < -0.39 is 5.91 Å². The summed E-state index contributed by atoms with van der Waals surface area (Å²) in [4.78, 5) is 11.3. The fourth-order valence-corrected chi connectivity index (χ4v) is 1.42. The topological polar surface area (TPSA) is 108 Å². The zero-order chi connectivity index (χ0) is 10.1. The van der Waals surface area contributed by atoms with Crippen LogP contribution in [0.5, 0.6) is 0 Å². The van der Waals surface area contributed by atoms with Gasteiger partial charge in [-0.1, -0.05) is 4.49 Å². The van der Waals surface area contributed by atoms with Crippen molar-refractivity contribution >= 4 is 17.4 Å². The molecule has 14 heavy (non-hydrogen) atoms. The Morgan fingerprint density at radius 1 is 1.43 bits per heavy atom. The van der Waals surface area contributed by atoms with E-state index in [1.54, 1.807) is 6.92 Å². The summed E-state index contributed by atoms with van der Waals surface area (Å²) in [5.41, 5.74) is 5.63. The van der Waals surface area contributed by atoms with Crippen LogP contribution in [0.25, 0.3) is 10.8 Å². The number of hydrogen-bond acceptors (Lipinski definition) is 7. The summed E-state index contributed by atoms with van der Waals surface area (Å²) in [6.07, 6.45) is 0. The minimum atomic E-state index is -0.751. The van der Waals surface area contributed by atoms with E-state index in [9.17, 15) is 4.79 Å². The maximum absolute atomic E-state index is 10.7. The van der Waals surface area contributed by atoms with Crippen molar-refractivity contribution in [1.29, 1.82) is 0 Å². The molecule has 0 radical (unpaired) electrons. The molecular formula is C6H5N5O2S. The molecular weight excluding hydrogens is 206 g/mol. The van der Waals surface area contributed by atoms with Crippen molar-refractivity contribution < 1.29 is 9.21 Å². The lowest BCUT2D eigenvalue weighted by molar-refractivity contribution is 0.0968. The SMILES string of the molecule is Cc1nnsc1-c1nnc(C(N)=O)o1. The van der Waals surface area contributed by atoms with Gasteiger partial charge in [0.1, 0.15) is 4.88 Å². The number of primary amides is 1. The summed E-state index contributed by atoms with van der Waals surface area (Å²) in [6, 6.07) is 0. The van der Waals surface area contributed by atoms with Crippen LogP contribution >= 0.6 is 11.5 Å². The van der Waals surface area contributed by atoms with Crippen LogP contribution < -0.4 is 5.73 Å². The third-order valence-corrected chi connectivity index (χ3v) is 2.30. The molecule has 0 aliphatic rings. The number of rotatable bonds is 2. The third-order valence-electron chi connectivity index (χ3n) is 1.48. The average Bonchev–Trinajstić information content (AvgIpc) is 2.71. The standard InChI is InChI=1S/C6H5N5O2S/c1-2-3(14-11-8-2)5-9-10-6(13-5)4(7)12/h1H3,(H2,7,12). The molecule has 0 saturated carbocycles. The van der Waals surface area contributed by atoms with Crippen molar-refractivity contribution in [3.8, 4) is 10.8 Å². The number of carbonyl (C=O) groups excluding carboxylic acids is 1. The first kappa shape index (κ1) is 8.75. The van der Waals surface area contributed by atoms with Gasteiger partial charge in [0.25, 0.3) is 5.89 Å². The summed E-state index contributed by atoms with van der Waals surface area (Å²) in [5, 5.41) is 10.9. The Morgan fingerprint density at radius 3 is 2.71 bits per heavy atom. The maximum atomic E-state index is 10.7. The Hall–Kier alpha value is -1.83. The van der Waals surface area contributed by atoms with E-state index in [4.69, 9.17) is 10.2 Å². The number of amides is 1. The summed E-state index contributed by atoms with van der Waals surface area (Å²) < 4.78 is 8.70. The quantitative estimate of drug-likeness (QED) is 0.748. The summed E-state index contributed by atoms with van der Waals surface area (Å²) in [5.74, 6) is -0.752. The molecule has 2 rings (SSSR count). The Bertz CT molecular complexity index is 476. The third kappa shape index (κ3) is 1.35. The first-order valence-electron chi connectivity index (χ1n) is 3.61. The van der Waals surface area contributed by atoms with Crippen LogP contribution in [0.15, 0.2) is 4.42 Å². The summed E-state index contributed by atoms with van der Waals surface area (Å²) in [6.45, 7) is 1.76. The molecule has 0 bridgehead atoms. The molecule has 0 aromatic carbocycles. The van der Waals surface area contributed by atoms with Gasteiger partial charge in [-0.05, 0) is 18.5 Å². The highest BCUT2D eigenvalue weighted by Gasteiger charge is 2.16. The van der Waals surface area contributed by atoms with Gasteiger partial charge >= 0.3 is 11.8 Å². The normalized spacial score (nSPS) is 10.4. The highest BCUT2D eigenvalue weighted by atomic mass is 32.1. The van der Waals surface area contributed by atoms with Crippen molar-refractivity contribution in [1.82, 2.24) is 19.8 Å². The second kappa shape index (κ2) is 3.14. The Morgan fingerprint density at radius 2 is 2.21 bits per heavy atom. The Kier molecular flexibility index (Phi) is 1.97. The molecule has 2 aromatic heterocycles. The fraction of sp³-hybridized carbons (Fsp3) is 0.167. The van der Waals surface area contributed by atoms with Gasteiger partial charge in [-0.25, -0.2) is 0 Å². The number of nitrogens with zero attached hydrogens (tertiary/aromatic N) is 4. The van der Waals surface area contributed by atoms with Crippen LogP contribution in [0.3, 0.4) is 0 Å². The Labute approximate surface area is 82.1 Å². The average molecular weight is 211 g/mol. The second-order valence-electron chi connectivity index (χ2n) is 2.46. The van der Waals surface area contributed by atoms with Gasteiger partial charge in [0.15, 0.2) is 0 Å². The van der Waals surface area contributed by atoms with Gasteiger partial charge in [0.2, 0.25) is 0 Å². The minimum Gasteiger partial charge on any atom is -0.411 e. The molecule has 0 aliphatic heterocycles. The maximum Gasteiger partial charge on any atom is 0.306 e. The van der Waals surface area contributed by atoms with Crippen LogP contribution in [0, 0.1) is 6.92 Å². The largest absolute Gasteiger partial charge is 0.411 e. The second-order valence-corrected chi connectivity index (χ2v) is 3.22. The van der Waals surface area contributed by atoms with E-state index in [0.717, 1.165) is 11.5 Å². The molecule has 72 valence electrons. The predicted octanol–water partition coefficient (Wildman–Crippen LogP) is -0.00458. The molecule has 0 saturated heterocycles. The molecule has 0 spiro atoms. The van der Waals surface area contributed by atoms with Crippen molar-refractivity contribution in [2.24, 2.45) is 5.73 Å². The van der Waals surface area contributed by atoms with E-state index in [-0.39, 0.29) is 11.8 Å². The highest BCUT2D eigenvalue weighted by Crippen LogP contribution is 2.23. The van der Waals surface area contributed by atoms with E-state index in [0.29, 0.717) is 10.6 Å². The minimum absolute atomic E-state index is 0.214. The molecule has 0 aliphatic carbocycles. The lowest BCUT2D eigenvalue weighted by Gasteiger charge is -1.86. The molecule has 2 heterocycles. The molecule has 1 amide bonds. The monoisotopic (exact) mass is 211 g/mol. The van der Waals surface area contributed by atoms with Gasteiger partial charge in [-0.2, -0.15) is 0 Å². The summed E-state index contributed by atoms with van der Waals surface area (Å²) in [7, 11) is 0. The molecule has 0 fully saturated rings. The molecule has 7 nitrogen and oxygen atoms in total. The number of nitrogens with two attached hydrogens (primary N) is 1. The van der Waals surface area contributed by atoms with Crippen LogP contribution in [0.2, 0.25) is 0 Å². The van der Waals surface area contributed by atoms with Gasteiger partial charge in [0.05, 0.1) is 5.69 Å². The number of aryl methyl sites for hydroxylation is 1. The number of carbonyl (C=O) groups is 1. The number of hydrogen-bond donors (Lipinski definition) is 1. The van der Waals surface area contributed by atoms with Gasteiger partial charge in [-0.15, -0.1) is 15.3 Å². The lowest BCUT2D eigenvalue weighted by atomic mass is 10.4. The van der Waals surface area contributed by atoms with Crippen LogP contribution in [-0.2, 0) is 0 Å². The molecule has 0 atom stereocenters. The highest BCUT2D eigenvalue weighted by molar-refractivity contribution is 7.09. The Balaban J connectivity index is 2.43. The smallest absolute Gasteiger partial charge is 0.306 e. The van der Waals surface area contributed by atoms with Crippen LogP contribution in [-0.4, -0.2) is 25.7 Å². The van der Waals surface area contributed by atoms with E-state index >= 15 is 0 Å². The van der Waals surface area contributed by atoms with Gasteiger partial charge in [-0.3, -0.25) is 4.79 Å². The first-order valence-corrected chi connectivity index (χ1v) is 4.38.